The maximum atomic E-state index is 13.2. The Balaban J connectivity index is 1.79. The van der Waals surface area contributed by atoms with Crippen LogP contribution in [-0.4, -0.2) is 78.5 Å². The number of benzene rings is 2. The third-order valence-electron chi connectivity index (χ3n) is 5.42. The number of nitrogens with zero attached hydrogens (tertiary/aromatic N) is 3. The zero-order valence-electron chi connectivity index (χ0n) is 20.6. The number of anilines is 1. The van der Waals surface area contributed by atoms with Gasteiger partial charge in [0.15, 0.2) is 15.0 Å². The molecule has 0 aliphatic rings. The van der Waals surface area contributed by atoms with E-state index in [1.165, 1.54) is 30.6 Å². The molecule has 1 heterocycles. The van der Waals surface area contributed by atoms with Crippen molar-refractivity contribution in [2.75, 3.05) is 59.2 Å². The minimum absolute atomic E-state index is 0.0764. The number of amides is 1. The molecule has 0 radical (unpaired) electrons. The molecule has 0 aliphatic carbocycles. The van der Waals surface area contributed by atoms with Crippen molar-refractivity contribution in [1.82, 2.24) is 9.88 Å². The van der Waals surface area contributed by atoms with E-state index in [1.54, 1.807) is 43.4 Å². The molecular formula is C24H31N3O6S2. The molecule has 190 valence electrons. The number of aromatic nitrogens is 1. The summed E-state index contributed by atoms with van der Waals surface area (Å²) < 4.78 is 42.2. The van der Waals surface area contributed by atoms with E-state index < -0.39 is 9.84 Å². The summed E-state index contributed by atoms with van der Waals surface area (Å²) in [5.41, 5.74) is 0.622. The van der Waals surface area contributed by atoms with Gasteiger partial charge in [0.25, 0.3) is 0 Å². The molecule has 9 nitrogen and oxygen atoms in total. The van der Waals surface area contributed by atoms with Crippen LogP contribution in [0.4, 0.5) is 5.13 Å². The number of likely N-dealkylation sites (N-methyl/N-ethyl adjacent to an activating group) is 1. The van der Waals surface area contributed by atoms with Crippen LogP contribution in [0.1, 0.15) is 12.8 Å². The van der Waals surface area contributed by atoms with Gasteiger partial charge in [0.1, 0.15) is 27.5 Å². The lowest BCUT2D eigenvalue weighted by Crippen LogP contribution is -2.36. The van der Waals surface area contributed by atoms with Crippen LogP contribution in [-0.2, 0) is 14.6 Å². The summed E-state index contributed by atoms with van der Waals surface area (Å²) >= 11 is 1.35. The van der Waals surface area contributed by atoms with Crippen LogP contribution in [0, 0.1) is 0 Å². The van der Waals surface area contributed by atoms with Gasteiger partial charge in [0.2, 0.25) is 5.91 Å². The van der Waals surface area contributed by atoms with Crippen LogP contribution in [0.3, 0.4) is 0 Å². The largest absolute Gasteiger partial charge is 0.497 e. The molecule has 0 saturated heterocycles. The molecule has 11 heteroatoms. The van der Waals surface area contributed by atoms with Gasteiger partial charge < -0.3 is 19.1 Å². The van der Waals surface area contributed by atoms with Crippen LogP contribution in [0.15, 0.2) is 41.3 Å². The van der Waals surface area contributed by atoms with Gasteiger partial charge in [0, 0.05) is 19.5 Å². The standard InChI is InChI=1S/C24H31N3O6S2/c1-26(2)14-15-27(24-25-22-19(32-4)12-13-20(33-5)23(22)34-24)21(28)7-6-16-35(29,30)18-10-8-17(31-3)9-11-18/h8-13H,6-7,14-16H2,1-5H3. The molecular weight excluding hydrogens is 490 g/mol. The SMILES string of the molecule is COc1ccc(S(=O)(=O)CCCC(=O)N(CCN(C)C)c2nc3c(OC)ccc(OC)c3s2)cc1. The van der Waals surface area contributed by atoms with Crippen molar-refractivity contribution >= 4 is 42.4 Å². The molecule has 0 N–H and O–H groups in total. The first-order chi connectivity index (χ1) is 16.7. The Hall–Kier alpha value is -2.89. The first-order valence-corrected chi connectivity index (χ1v) is 13.5. The van der Waals surface area contributed by atoms with Crippen LogP contribution in [0.5, 0.6) is 17.2 Å². The summed E-state index contributed by atoms with van der Waals surface area (Å²) in [6.07, 6.45) is 0.274. The minimum Gasteiger partial charge on any atom is -0.497 e. The van der Waals surface area contributed by atoms with Crippen LogP contribution in [0.2, 0.25) is 0 Å². The Kier molecular flexibility index (Phi) is 8.92. The van der Waals surface area contributed by atoms with Crippen molar-refractivity contribution in [3.8, 4) is 17.2 Å². The number of rotatable bonds is 12. The molecule has 2 aromatic carbocycles. The average molecular weight is 522 g/mol. The van der Waals surface area contributed by atoms with E-state index in [9.17, 15) is 13.2 Å². The van der Waals surface area contributed by atoms with Crippen molar-refractivity contribution in [3.63, 3.8) is 0 Å². The third kappa shape index (κ3) is 6.41. The molecule has 0 aliphatic heterocycles. The number of carbonyl (C=O) groups is 1. The van der Waals surface area contributed by atoms with Gasteiger partial charge in [-0.05, 0) is 56.9 Å². The van der Waals surface area contributed by atoms with Crippen molar-refractivity contribution in [3.05, 3.63) is 36.4 Å². The Morgan fingerprint density at radius 3 is 2.20 bits per heavy atom. The maximum Gasteiger partial charge on any atom is 0.228 e. The van der Waals surface area contributed by atoms with Crippen molar-refractivity contribution in [2.24, 2.45) is 0 Å². The second kappa shape index (κ2) is 11.7. The quantitative estimate of drug-likeness (QED) is 0.357. The first kappa shape index (κ1) is 26.7. The van der Waals surface area contributed by atoms with E-state index in [1.807, 2.05) is 19.0 Å². The van der Waals surface area contributed by atoms with Gasteiger partial charge in [-0.15, -0.1) is 0 Å². The molecule has 0 unspecified atom stereocenters. The summed E-state index contributed by atoms with van der Waals surface area (Å²) in [7, 11) is 5.01. The number of carbonyl (C=O) groups excluding carboxylic acids is 1. The molecule has 0 saturated carbocycles. The molecule has 3 rings (SSSR count). The molecule has 0 fully saturated rings. The highest BCUT2D eigenvalue weighted by atomic mass is 32.2. The Bertz CT molecular complexity index is 1220. The molecule has 3 aromatic rings. The van der Waals surface area contributed by atoms with Gasteiger partial charge in [0.05, 0.1) is 32.0 Å². The molecule has 35 heavy (non-hydrogen) atoms. The summed E-state index contributed by atoms with van der Waals surface area (Å²) in [5, 5.41) is 0.521. The number of fused-ring (bicyclic) bond motifs is 1. The fourth-order valence-electron chi connectivity index (χ4n) is 3.47. The number of hydrogen-bond acceptors (Lipinski definition) is 9. The van der Waals surface area contributed by atoms with E-state index in [2.05, 4.69) is 4.98 Å². The zero-order valence-corrected chi connectivity index (χ0v) is 22.2. The van der Waals surface area contributed by atoms with E-state index in [0.29, 0.717) is 41.0 Å². The summed E-state index contributed by atoms with van der Waals surface area (Å²) in [6, 6.07) is 9.83. The Morgan fingerprint density at radius 1 is 0.943 bits per heavy atom. The van der Waals surface area contributed by atoms with E-state index >= 15 is 0 Å². The van der Waals surface area contributed by atoms with Crippen molar-refractivity contribution in [2.45, 2.75) is 17.7 Å². The number of thiazole rings is 1. The second-order valence-electron chi connectivity index (χ2n) is 8.09. The number of sulfone groups is 1. The Morgan fingerprint density at radius 2 is 1.60 bits per heavy atom. The fraction of sp³-hybridized carbons (Fsp3) is 0.417. The van der Waals surface area contributed by atoms with Gasteiger partial charge >= 0.3 is 0 Å². The van der Waals surface area contributed by atoms with Crippen LogP contribution >= 0.6 is 11.3 Å². The molecule has 0 bridgehead atoms. The maximum absolute atomic E-state index is 13.2. The summed E-state index contributed by atoms with van der Waals surface area (Å²) in [4.78, 5) is 21.7. The van der Waals surface area contributed by atoms with Crippen LogP contribution < -0.4 is 19.1 Å². The highest BCUT2D eigenvalue weighted by Gasteiger charge is 2.23. The third-order valence-corrected chi connectivity index (χ3v) is 8.33. The molecule has 1 amide bonds. The molecule has 1 aromatic heterocycles. The lowest BCUT2D eigenvalue weighted by Gasteiger charge is -2.22. The Labute approximate surface area is 210 Å². The van der Waals surface area contributed by atoms with Crippen molar-refractivity contribution < 1.29 is 27.4 Å². The summed E-state index contributed by atoms with van der Waals surface area (Å²) in [6.45, 7) is 1.04. The van der Waals surface area contributed by atoms with Crippen LogP contribution in [0.25, 0.3) is 10.2 Å². The normalized spacial score (nSPS) is 11.6. The number of hydrogen-bond donors (Lipinski definition) is 0. The lowest BCUT2D eigenvalue weighted by molar-refractivity contribution is -0.118. The minimum atomic E-state index is -3.52. The van der Waals surface area contributed by atoms with Gasteiger partial charge in [-0.25, -0.2) is 13.4 Å². The van der Waals surface area contributed by atoms with E-state index in [4.69, 9.17) is 14.2 Å². The first-order valence-electron chi connectivity index (χ1n) is 11.0. The topological polar surface area (TPSA) is 98.3 Å². The zero-order chi connectivity index (χ0) is 25.6. The summed E-state index contributed by atoms with van der Waals surface area (Å²) in [5.74, 6) is 1.51. The van der Waals surface area contributed by atoms with Gasteiger partial charge in [-0.3, -0.25) is 9.69 Å². The van der Waals surface area contributed by atoms with Gasteiger partial charge in [-0.1, -0.05) is 11.3 Å². The van der Waals surface area contributed by atoms with E-state index in [0.717, 1.165) is 4.70 Å². The van der Waals surface area contributed by atoms with Crippen molar-refractivity contribution in [1.29, 1.82) is 0 Å². The highest BCUT2D eigenvalue weighted by molar-refractivity contribution is 7.91. The molecule has 0 spiro atoms. The number of methoxy groups -OCH3 is 3. The lowest BCUT2D eigenvalue weighted by atomic mass is 10.3. The average Bonchev–Trinajstić information content (AvgIpc) is 3.28. The smallest absolute Gasteiger partial charge is 0.228 e. The van der Waals surface area contributed by atoms with E-state index in [-0.39, 0.29) is 29.4 Å². The second-order valence-corrected chi connectivity index (χ2v) is 11.2. The highest BCUT2D eigenvalue weighted by Crippen LogP contribution is 2.40. The monoisotopic (exact) mass is 521 g/mol. The predicted molar refractivity (Wildman–Crippen MR) is 138 cm³/mol. The van der Waals surface area contributed by atoms with Gasteiger partial charge in [-0.2, -0.15) is 0 Å². The number of ether oxygens (including phenoxy) is 3. The predicted octanol–water partition coefficient (Wildman–Crippen LogP) is 3.47. The fourth-order valence-corrected chi connectivity index (χ4v) is 5.89. The molecule has 0 atom stereocenters.